The molecular weight excluding hydrogens is 316 g/mol. The van der Waals surface area contributed by atoms with Crippen LogP contribution >= 0.6 is 11.6 Å². The van der Waals surface area contributed by atoms with E-state index in [1.807, 2.05) is 6.07 Å². The van der Waals surface area contributed by atoms with Crippen LogP contribution in [0.3, 0.4) is 0 Å². The van der Waals surface area contributed by atoms with E-state index in [0.29, 0.717) is 22.0 Å². The van der Waals surface area contributed by atoms with E-state index in [1.54, 1.807) is 42.5 Å². The van der Waals surface area contributed by atoms with Gasteiger partial charge in [0.05, 0.1) is 12.8 Å². The maximum absolute atomic E-state index is 12.5. The van der Waals surface area contributed by atoms with E-state index in [1.165, 1.54) is 18.2 Å². The third-order valence-electron chi connectivity index (χ3n) is 3.40. The molecule has 1 aliphatic heterocycles. The van der Waals surface area contributed by atoms with Gasteiger partial charge in [0.1, 0.15) is 11.3 Å². The van der Waals surface area contributed by atoms with Gasteiger partial charge in [-0.25, -0.2) is 5.01 Å². The molecule has 0 aromatic heterocycles. The van der Waals surface area contributed by atoms with Crippen LogP contribution in [0.15, 0.2) is 54.1 Å². The lowest BCUT2D eigenvalue weighted by Crippen LogP contribution is -2.35. The van der Waals surface area contributed by atoms with Gasteiger partial charge < -0.3 is 4.74 Å². The minimum atomic E-state index is -0.471. The van der Waals surface area contributed by atoms with Crippen LogP contribution in [0.4, 0.5) is 5.69 Å². The zero-order valence-corrected chi connectivity index (χ0v) is 13.0. The lowest BCUT2D eigenvalue weighted by molar-refractivity contribution is -0.117. The normalized spacial score (nSPS) is 15.9. The van der Waals surface area contributed by atoms with Gasteiger partial charge in [-0.3, -0.25) is 15.0 Å². The minimum absolute atomic E-state index is 0.0366. The lowest BCUT2D eigenvalue weighted by atomic mass is 10.1. The first-order valence-electron chi connectivity index (χ1n) is 6.86. The summed E-state index contributed by atoms with van der Waals surface area (Å²) in [6, 6.07) is 13.9. The smallest absolute Gasteiger partial charge is 0.282 e. The number of nitrogens with one attached hydrogen (secondary N) is 1. The number of ether oxygens (including phenoxy) is 1. The number of para-hydroxylation sites is 1. The van der Waals surface area contributed by atoms with Crippen molar-refractivity contribution in [3.05, 3.63) is 64.7 Å². The highest BCUT2D eigenvalue weighted by Gasteiger charge is 2.34. The molecule has 0 atom stereocenters. The molecule has 5 nitrogen and oxygen atoms in total. The van der Waals surface area contributed by atoms with Crippen LogP contribution in [-0.4, -0.2) is 18.9 Å². The fourth-order valence-electron chi connectivity index (χ4n) is 2.30. The van der Waals surface area contributed by atoms with Gasteiger partial charge in [0.2, 0.25) is 0 Å². The summed E-state index contributed by atoms with van der Waals surface area (Å²) in [4.78, 5) is 24.7. The van der Waals surface area contributed by atoms with E-state index >= 15 is 0 Å². The van der Waals surface area contributed by atoms with Crippen molar-refractivity contribution in [2.24, 2.45) is 0 Å². The monoisotopic (exact) mass is 328 g/mol. The van der Waals surface area contributed by atoms with Crippen molar-refractivity contribution in [3.63, 3.8) is 0 Å². The highest BCUT2D eigenvalue weighted by Crippen LogP contribution is 2.26. The molecule has 1 saturated heterocycles. The molecule has 1 fully saturated rings. The van der Waals surface area contributed by atoms with Crippen LogP contribution in [0.25, 0.3) is 6.08 Å². The molecule has 1 heterocycles. The standard InChI is InChI=1S/C17H13ClN2O3/c1-23-15-8-3-2-5-11(15)9-14-16(21)19-20(17(14)22)13-7-4-6-12(18)10-13/h2-10H,1H3,(H,19,21)/b14-9+. The molecular formula is C17H13ClN2O3. The Kier molecular flexibility index (Phi) is 4.04. The number of nitrogens with zero attached hydrogens (tertiary/aromatic N) is 1. The lowest BCUT2D eigenvalue weighted by Gasteiger charge is -2.14. The summed E-state index contributed by atoms with van der Waals surface area (Å²) in [5.74, 6) is -0.328. The van der Waals surface area contributed by atoms with Gasteiger partial charge in [-0.1, -0.05) is 35.9 Å². The quantitative estimate of drug-likeness (QED) is 0.696. The van der Waals surface area contributed by atoms with Crippen molar-refractivity contribution >= 4 is 35.2 Å². The molecule has 0 spiro atoms. The van der Waals surface area contributed by atoms with Crippen molar-refractivity contribution in [1.29, 1.82) is 0 Å². The van der Waals surface area contributed by atoms with Gasteiger partial charge in [-0.05, 0) is 30.3 Å². The number of rotatable bonds is 3. The Morgan fingerprint density at radius 2 is 1.91 bits per heavy atom. The summed E-state index contributed by atoms with van der Waals surface area (Å²) in [6.45, 7) is 0. The minimum Gasteiger partial charge on any atom is -0.496 e. The molecule has 23 heavy (non-hydrogen) atoms. The van der Waals surface area contributed by atoms with Gasteiger partial charge in [-0.15, -0.1) is 0 Å². The van der Waals surface area contributed by atoms with E-state index in [4.69, 9.17) is 16.3 Å². The average Bonchev–Trinajstić information content (AvgIpc) is 2.83. The maximum Gasteiger partial charge on any atom is 0.282 e. The first-order chi connectivity index (χ1) is 11.1. The second kappa shape index (κ2) is 6.14. The number of anilines is 1. The molecule has 0 saturated carbocycles. The van der Waals surface area contributed by atoms with Crippen molar-refractivity contribution in [2.75, 3.05) is 12.1 Å². The van der Waals surface area contributed by atoms with Crippen molar-refractivity contribution in [3.8, 4) is 5.75 Å². The number of benzene rings is 2. The SMILES string of the molecule is COc1ccccc1/C=C1\C(=O)NN(c2cccc(Cl)c2)C1=O. The Bertz CT molecular complexity index is 817. The van der Waals surface area contributed by atoms with Gasteiger partial charge in [0.25, 0.3) is 11.8 Å². The van der Waals surface area contributed by atoms with Gasteiger partial charge in [0, 0.05) is 10.6 Å². The summed E-state index contributed by atoms with van der Waals surface area (Å²) in [5.41, 5.74) is 3.72. The van der Waals surface area contributed by atoms with Gasteiger partial charge >= 0.3 is 0 Å². The van der Waals surface area contributed by atoms with Crippen molar-refractivity contribution < 1.29 is 14.3 Å². The Hall–Kier alpha value is -2.79. The number of hydrogen-bond acceptors (Lipinski definition) is 3. The predicted octanol–water partition coefficient (Wildman–Crippen LogP) is 2.81. The molecule has 6 heteroatoms. The van der Waals surface area contributed by atoms with Crippen LogP contribution in [0.2, 0.25) is 5.02 Å². The van der Waals surface area contributed by atoms with E-state index < -0.39 is 11.8 Å². The number of hydrogen-bond donors (Lipinski definition) is 1. The van der Waals surface area contributed by atoms with Crippen molar-refractivity contribution in [1.82, 2.24) is 5.43 Å². The Morgan fingerprint density at radius 1 is 1.13 bits per heavy atom. The zero-order valence-electron chi connectivity index (χ0n) is 12.2. The number of carbonyl (C=O) groups is 2. The van der Waals surface area contributed by atoms with Crippen molar-refractivity contribution in [2.45, 2.75) is 0 Å². The summed E-state index contributed by atoms with van der Waals surface area (Å²) >= 11 is 5.93. The van der Waals surface area contributed by atoms with Gasteiger partial charge in [-0.2, -0.15) is 0 Å². The summed E-state index contributed by atoms with van der Waals surface area (Å²) < 4.78 is 5.23. The molecule has 2 aromatic rings. The van der Waals surface area contributed by atoms with Crippen LogP contribution in [0.1, 0.15) is 5.56 Å². The fourth-order valence-corrected chi connectivity index (χ4v) is 2.48. The highest BCUT2D eigenvalue weighted by molar-refractivity contribution is 6.33. The largest absolute Gasteiger partial charge is 0.496 e. The first kappa shape index (κ1) is 15.1. The molecule has 2 amide bonds. The maximum atomic E-state index is 12.5. The average molecular weight is 329 g/mol. The van der Waals surface area contributed by atoms with E-state index in [2.05, 4.69) is 5.43 Å². The van der Waals surface area contributed by atoms with Crippen LogP contribution in [-0.2, 0) is 9.59 Å². The van der Waals surface area contributed by atoms with E-state index in [0.717, 1.165) is 0 Å². The van der Waals surface area contributed by atoms with E-state index in [-0.39, 0.29) is 5.57 Å². The summed E-state index contributed by atoms with van der Waals surface area (Å²) in [6.07, 6.45) is 1.51. The van der Waals surface area contributed by atoms with E-state index in [9.17, 15) is 9.59 Å². The third kappa shape index (κ3) is 2.91. The van der Waals surface area contributed by atoms with Crippen LogP contribution < -0.4 is 15.2 Å². The molecule has 0 radical (unpaired) electrons. The fraction of sp³-hybridized carbons (Fsp3) is 0.0588. The zero-order chi connectivity index (χ0) is 16.4. The molecule has 1 aliphatic rings. The van der Waals surface area contributed by atoms with Crippen LogP contribution in [0.5, 0.6) is 5.75 Å². The topological polar surface area (TPSA) is 58.6 Å². The summed E-state index contributed by atoms with van der Waals surface area (Å²) in [5, 5.41) is 1.65. The number of methoxy groups -OCH3 is 1. The number of carbonyl (C=O) groups excluding carboxylic acids is 2. The number of amides is 2. The highest BCUT2D eigenvalue weighted by atomic mass is 35.5. The second-order valence-corrected chi connectivity index (χ2v) is 5.30. The molecule has 3 rings (SSSR count). The first-order valence-corrected chi connectivity index (χ1v) is 7.23. The Labute approximate surface area is 138 Å². The molecule has 0 bridgehead atoms. The third-order valence-corrected chi connectivity index (χ3v) is 3.63. The molecule has 2 aromatic carbocycles. The molecule has 0 aliphatic carbocycles. The predicted molar refractivity (Wildman–Crippen MR) is 88.1 cm³/mol. The Balaban J connectivity index is 1.97. The van der Waals surface area contributed by atoms with Gasteiger partial charge in [0.15, 0.2) is 0 Å². The summed E-state index contributed by atoms with van der Waals surface area (Å²) in [7, 11) is 1.53. The number of hydrazine groups is 1. The molecule has 1 N–H and O–H groups in total. The molecule has 0 unspecified atom stereocenters. The van der Waals surface area contributed by atoms with Crippen LogP contribution in [0, 0.1) is 0 Å². The number of halogens is 1. The molecule has 116 valence electrons. The Morgan fingerprint density at radius 3 is 2.65 bits per heavy atom. The second-order valence-electron chi connectivity index (χ2n) is 4.86.